The van der Waals surface area contributed by atoms with Gasteiger partial charge in [-0.1, -0.05) is 282 Å². The Hall–Kier alpha value is -1.64. The first kappa shape index (κ1) is 76.5. The van der Waals surface area contributed by atoms with Crippen LogP contribution in [0.5, 0.6) is 0 Å². The summed E-state index contributed by atoms with van der Waals surface area (Å²) in [5.74, 6) is 1.40. The molecule has 0 radical (unpaired) electrons. The van der Waals surface area contributed by atoms with Gasteiger partial charge in [0.1, 0.15) is 0 Å². The average molecular weight is 1550 g/mol. The minimum Gasteiger partial charge on any atom is -0.383 e. The summed E-state index contributed by atoms with van der Waals surface area (Å²) in [6.45, 7) is 11.5. The van der Waals surface area contributed by atoms with E-state index in [1.165, 1.54) is 227 Å². The van der Waals surface area contributed by atoms with Gasteiger partial charge in [0.2, 0.25) is 0 Å². The predicted octanol–water partition coefficient (Wildman–Crippen LogP) is 21.1. The minimum atomic E-state index is -0.348. The van der Waals surface area contributed by atoms with E-state index in [9.17, 15) is 0 Å². The van der Waals surface area contributed by atoms with Crippen LogP contribution in [-0.4, -0.2) is 119 Å². The molecule has 2 aliphatic heterocycles. The molecule has 0 N–H and O–H groups in total. The van der Waals surface area contributed by atoms with Crippen molar-refractivity contribution in [2.45, 2.75) is 249 Å². The molecule has 97 heavy (non-hydrogen) atoms. The molecule has 0 amide bonds. The second kappa shape index (κ2) is 39.5. The van der Waals surface area contributed by atoms with Gasteiger partial charge in [0, 0.05) is 66.1 Å². The van der Waals surface area contributed by atoms with E-state index in [0.29, 0.717) is 33.6 Å². The molecular formula is C86H118Br2FeN2O2P4. The minimum absolute atomic E-state index is 0. The number of methoxy groups -OCH3 is 2. The van der Waals surface area contributed by atoms with Gasteiger partial charge >= 0.3 is 0 Å². The van der Waals surface area contributed by atoms with E-state index >= 15 is 0 Å². The topological polar surface area (TPSA) is 24.9 Å². The maximum atomic E-state index is 5.51. The number of likely N-dealkylation sites (tertiary alicyclic amines) is 2. The number of benzene rings is 6. The van der Waals surface area contributed by atoms with Crippen LogP contribution in [0.2, 0.25) is 0 Å². The molecule has 8 atom stereocenters. The van der Waals surface area contributed by atoms with Gasteiger partial charge in [-0.25, -0.2) is 0 Å². The van der Waals surface area contributed by atoms with Gasteiger partial charge in [-0.2, -0.15) is 0 Å². The summed E-state index contributed by atoms with van der Waals surface area (Å²) in [6, 6.07) is 61.3. The molecule has 2 saturated heterocycles. The maximum absolute atomic E-state index is 5.51. The van der Waals surface area contributed by atoms with Crippen molar-refractivity contribution >= 4 is 95.4 Å². The van der Waals surface area contributed by atoms with Crippen molar-refractivity contribution < 1.29 is 26.5 Å². The Bertz CT molecular complexity index is 2890. The summed E-state index contributed by atoms with van der Waals surface area (Å²) in [5.41, 5.74) is 11.9. The first-order valence-electron chi connectivity index (χ1n) is 38.6. The molecule has 6 saturated carbocycles. The molecule has 6 aromatic carbocycles. The van der Waals surface area contributed by atoms with Crippen LogP contribution in [0.15, 0.2) is 158 Å². The smallest absolute Gasteiger partial charge is 0.0618 e. The van der Waals surface area contributed by atoms with Gasteiger partial charge in [0.25, 0.3) is 0 Å². The maximum Gasteiger partial charge on any atom is 0.0618 e. The summed E-state index contributed by atoms with van der Waals surface area (Å²) in [4.78, 5) is 6.67. The monoisotopic (exact) mass is 1550 g/mol. The molecule has 6 unspecified atom stereocenters. The fourth-order valence-corrected chi connectivity index (χ4v) is 35.7. The Morgan fingerprint density at radius 1 is 0.351 bits per heavy atom. The zero-order valence-electron chi connectivity index (χ0n) is 59.6. The van der Waals surface area contributed by atoms with Crippen LogP contribution in [-0.2, 0) is 26.5 Å². The van der Waals surface area contributed by atoms with E-state index in [4.69, 9.17) is 9.47 Å². The largest absolute Gasteiger partial charge is 0.383 e. The zero-order chi connectivity index (χ0) is 66.0. The number of hydrogen-bond donors (Lipinski definition) is 0. The summed E-state index contributed by atoms with van der Waals surface area (Å²) >= 11 is 8.15. The van der Waals surface area contributed by atoms with Gasteiger partial charge in [-0.3, -0.25) is 9.80 Å². The van der Waals surface area contributed by atoms with Crippen molar-refractivity contribution in [3.8, 4) is 11.1 Å². The van der Waals surface area contributed by atoms with Gasteiger partial charge in [0.15, 0.2) is 0 Å². The Morgan fingerprint density at radius 3 is 0.938 bits per heavy atom. The molecule has 8 aliphatic rings. The number of hydrogen-bond acceptors (Lipinski definition) is 4. The van der Waals surface area contributed by atoms with Crippen molar-refractivity contribution in [2.24, 2.45) is 11.8 Å². The van der Waals surface area contributed by atoms with Crippen LogP contribution >= 0.6 is 63.5 Å². The van der Waals surface area contributed by atoms with Crippen LogP contribution < -0.4 is 31.8 Å². The standard InChI is InChI=1S/C38H56P2.2C24H31BrNOP.Fe/c1-29-17-15-27-35(39(31-19-7-3-8-20-31)32-21-9-4-10-22-32)37(29)38-30(2)18-16-28-36(38)40(33-23-11-5-12-24-33)34-25-13-6-14-26-34;2*1-27-18-19-9-8-16-26(19)17-22-23(25)14-15-24(22)28(20-10-4-2-5-11-20)21-12-6-3-7-13-21;/h15-18,27-28,31-34H,3-14,19-26H2,1-2H3;2*2-7,10-13,19,22-24H,8-9,14-18H2,1H3;/t;2*19-,22?,23?,24?;/m.00./s1. The second-order valence-corrected chi connectivity index (χ2v) is 42.9. The van der Waals surface area contributed by atoms with Gasteiger partial charge in [0.05, 0.1) is 13.2 Å². The van der Waals surface area contributed by atoms with Gasteiger partial charge in [-0.15, -0.1) is 0 Å². The Balaban J connectivity index is 0.000000151. The van der Waals surface area contributed by atoms with E-state index in [2.05, 4.69) is 213 Å². The quantitative estimate of drug-likeness (QED) is 0.0407. The zero-order valence-corrected chi connectivity index (χ0v) is 67.4. The fourth-order valence-electron chi connectivity index (χ4n) is 19.3. The van der Waals surface area contributed by atoms with Gasteiger partial charge < -0.3 is 9.47 Å². The number of aryl methyl sites for hydroxylation is 2. The van der Waals surface area contributed by atoms with Crippen LogP contribution in [0.25, 0.3) is 11.1 Å². The van der Waals surface area contributed by atoms with Crippen molar-refractivity contribution in [2.75, 3.05) is 53.6 Å². The number of ether oxygens (including phenoxy) is 2. The van der Waals surface area contributed by atoms with E-state index in [-0.39, 0.29) is 48.8 Å². The first-order valence-corrected chi connectivity index (χ1v) is 46.2. The van der Waals surface area contributed by atoms with Crippen LogP contribution in [0.4, 0.5) is 0 Å². The van der Waals surface area contributed by atoms with Gasteiger partial charge in [-0.05, 0) is 245 Å². The van der Waals surface area contributed by atoms with Crippen LogP contribution in [0.1, 0.15) is 191 Å². The number of alkyl halides is 2. The predicted molar refractivity (Wildman–Crippen MR) is 431 cm³/mol. The van der Waals surface area contributed by atoms with Crippen molar-refractivity contribution in [1.82, 2.24) is 9.80 Å². The van der Waals surface area contributed by atoms with Crippen LogP contribution in [0.3, 0.4) is 0 Å². The SMILES string of the molecule is COC[C@@H]1CCCN1CC1C(Br)CCC1P(c1ccccc1)c1ccccc1.COC[C@@H]1CCCN1CC1C(Br)CCC1P(c1ccccc1)c1ccccc1.Cc1cccc(P(C2CCCCC2)C2CCCCC2)c1-c1c(C)cccc1P(C1CCCCC1)C1CCCCC1.[Fe]. The third kappa shape index (κ3) is 19.7. The molecule has 526 valence electrons. The third-order valence-electron chi connectivity index (χ3n) is 24.0. The number of nitrogens with zero attached hydrogens (tertiary/aromatic N) is 2. The van der Waals surface area contributed by atoms with E-state index < -0.39 is 0 Å². The van der Waals surface area contributed by atoms with E-state index in [1.807, 2.05) is 24.8 Å². The normalized spacial score (nSPS) is 25.7. The summed E-state index contributed by atoms with van der Waals surface area (Å²) in [5, 5.41) is 9.74. The Morgan fingerprint density at radius 2 is 0.649 bits per heavy atom. The second-order valence-electron chi connectivity index (χ2n) is 30.1. The number of rotatable bonds is 21. The summed E-state index contributed by atoms with van der Waals surface area (Å²) in [6.07, 6.45) is 40.0. The van der Waals surface area contributed by atoms with Crippen molar-refractivity contribution in [3.05, 3.63) is 169 Å². The number of halogens is 2. The first-order chi connectivity index (χ1) is 47.3. The molecule has 2 heterocycles. The molecule has 4 nitrogen and oxygen atoms in total. The Kier molecular flexibility index (Phi) is 31.1. The molecular weight excluding hydrogens is 1430 g/mol. The molecule has 11 heteroatoms. The van der Waals surface area contributed by atoms with Crippen LogP contribution in [0, 0.1) is 25.7 Å². The molecule has 8 fully saturated rings. The average Bonchev–Trinajstić information content (AvgIpc) is 1.56. The van der Waals surface area contributed by atoms with Crippen molar-refractivity contribution in [1.29, 1.82) is 0 Å². The summed E-state index contributed by atoms with van der Waals surface area (Å²) < 4.78 is 11.0. The molecule has 6 aliphatic carbocycles. The molecule has 6 aromatic rings. The Labute approximate surface area is 621 Å². The third-order valence-corrected chi connectivity index (χ3v) is 39.4. The van der Waals surface area contributed by atoms with Crippen molar-refractivity contribution in [3.63, 3.8) is 0 Å². The fraction of sp³-hybridized carbons (Fsp3) is 0.581. The molecule has 0 aromatic heterocycles. The van der Waals surface area contributed by atoms with E-state index in [0.717, 1.165) is 47.2 Å². The molecule has 14 rings (SSSR count). The molecule has 0 spiro atoms. The molecule has 0 bridgehead atoms. The van der Waals surface area contributed by atoms with E-state index in [1.54, 1.807) is 22.3 Å². The summed E-state index contributed by atoms with van der Waals surface area (Å²) in [7, 11) is 2.75.